The summed E-state index contributed by atoms with van der Waals surface area (Å²) in [7, 11) is 0. The molecule has 61 heavy (non-hydrogen) atoms. The number of nitrogens with zero attached hydrogens (tertiary/aromatic N) is 5. The first kappa shape index (κ1) is 37.3. The standard InChI is InChI=1S/C56H41N5/c1-35-18-23-46(37(3)28-35)44-21-25-48-49-26-22-45(47-24-19-36(2)29-38(47)4)33-52(49)61(51(48)32-44)53-31-43(42-17-11-12-39(30-42)34-57)20-27-50(53)56-59-54(40-13-7-5-8-14-40)58-55(60-56)41-15-9-6-10-16-41/h5-33H,1-4H3. The van der Waals surface area contributed by atoms with E-state index in [9.17, 15) is 5.26 Å². The third-order valence-corrected chi connectivity index (χ3v) is 11.7. The lowest BCUT2D eigenvalue weighted by molar-refractivity contribution is 1.06. The van der Waals surface area contributed by atoms with E-state index in [2.05, 4.69) is 135 Å². The number of nitriles is 1. The number of aromatic nitrogens is 4. The van der Waals surface area contributed by atoms with E-state index in [4.69, 9.17) is 15.0 Å². The van der Waals surface area contributed by atoms with Gasteiger partial charge in [-0.1, -0.05) is 151 Å². The predicted molar refractivity (Wildman–Crippen MR) is 250 cm³/mol. The molecule has 0 bridgehead atoms. The normalized spacial score (nSPS) is 11.3. The van der Waals surface area contributed by atoms with Crippen molar-refractivity contribution in [1.82, 2.24) is 19.5 Å². The molecular weight excluding hydrogens is 743 g/mol. The molecule has 0 amide bonds. The van der Waals surface area contributed by atoms with Gasteiger partial charge in [0, 0.05) is 27.5 Å². The molecule has 0 saturated carbocycles. The van der Waals surface area contributed by atoms with E-state index in [-0.39, 0.29) is 0 Å². The molecule has 0 fully saturated rings. The number of rotatable bonds is 7. The Morgan fingerprint density at radius 2 is 0.869 bits per heavy atom. The van der Waals surface area contributed by atoms with Crippen LogP contribution in [0.15, 0.2) is 176 Å². The van der Waals surface area contributed by atoms with Crippen LogP contribution in [0.5, 0.6) is 0 Å². The van der Waals surface area contributed by atoms with Crippen molar-refractivity contribution in [2.75, 3.05) is 0 Å². The number of aryl methyl sites for hydroxylation is 4. The maximum atomic E-state index is 9.92. The van der Waals surface area contributed by atoms with Gasteiger partial charge in [0.15, 0.2) is 17.5 Å². The van der Waals surface area contributed by atoms with Crippen LogP contribution < -0.4 is 0 Å². The maximum Gasteiger partial charge on any atom is 0.166 e. The molecule has 8 aromatic carbocycles. The Morgan fingerprint density at radius 3 is 1.39 bits per heavy atom. The van der Waals surface area contributed by atoms with Crippen molar-refractivity contribution in [2.45, 2.75) is 27.7 Å². The summed E-state index contributed by atoms with van der Waals surface area (Å²) < 4.78 is 2.39. The summed E-state index contributed by atoms with van der Waals surface area (Å²) in [5.41, 5.74) is 17.8. The van der Waals surface area contributed by atoms with Crippen molar-refractivity contribution in [3.8, 4) is 79.3 Å². The highest BCUT2D eigenvalue weighted by Crippen LogP contribution is 2.41. The average molecular weight is 784 g/mol. The van der Waals surface area contributed by atoms with E-state index in [1.807, 2.05) is 78.9 Å². The van der Waals surface area contributed by atoms with Gasteiger partial charge in [0.05, 0.1) is 28.4 Å². The van der Waals surface area contributed by atoms with Gasteiger partial charge in [-0.3, -0.25) is 0 Å². The molecule has 290 valence electrons. The van der Waals surface area contributed by atoms with Crippen LogP contribution in [0.4, 0.5) is 0 Å². The zero-order chi connectivity index (χ0) is 41.6. The van der Waals surface area contributed by atoms with Crippen LogP contribution in [0, 0.1) is 39.0 Å². The summed E-state index contributed by atoms with van der Waals surface area (Å²) in [6.07, 6.45) is 0. The zero-order valence-corrected chi connectivity index (χ0v) is 34.5. The first-order valence-corrected chi connectivity index (χ1v) is 20.6. The molecule has 5 heteroatoms. The number of hydrogen-bond donors (Lipinski definition) is 0. The second-order valence-electron chi connectivity index (χ2n) is 15.9. The number of benzene rings is 8. The van der Waals surface area contributed by atoms with Gasteiger partial charge in [-0.25, -0.2) is 15.0 Å². The second kappa shape index (κ2) is 15.3. The van der Waals surface area contributed by atoms with Crippen LogP contribution in [-0.2, 0) is 0 Å². The fourth-order valence-corrected chi connectivity index (χ4v) is 8.67. The van der Waals surface area contributed by atoms with Gasteiger partial charge in [-0.2, -0.15) is 5.26 Å². The summed E-state index contributed by atoms with van der Waals surface area (Å²) in [5.74, 6) is 1.75. The summed E-state index contributed by atoms with van der Waals surface area (Å²) >= 11 is 0. The van der Waals surface area contributed by atoms with Gasteiger partial charge in [-0.05, 0) is 109 Å². The van der Waals surface area contributed by atoms with Crippen molar-refractivity contribution < 1.29 is 0 Å². The van der Waals surface area contributed by atoms with Crippen molar-refractivity contribution >= 4 is 21.8 Å². The zero-order valence-electron chi connectivity index (χ0n) is 34.5. The van der Waals surface area contributed by atoms with Crippen LogP contribution >= 0.6 is 0 Å². The van der Waals surface area contributed by atoms with E-state index in [0.29, 0.717) is 23.0 Å². The third kappa shape index (κ3) is 6.94. The fraction of sp³-hybridized carbons (Fsp3) is 0.0714. The lowest BCUT2D eigenvalue weighted by atomic mass is 9.96. The average Bonchev–Trinajstić information content (AvgIpc) is 3.62. The Balaban J connectivity index is 1.32. The first-order chi connectivity index (χ1) is 29.8. The molecule has 0 aliphatic carbocycles. The topological polar surface area (TPSA) is 67.4 Å². The smallest absolute Gasteiger partial charge is 0.166 e. The van der Waals surface area contributed by atoms with Crippen molar-refractivity contribution in [3.63, 3.8) is 0 Å². The Labute approximate surface area is 355 Å². The van der Waals surface area contributed by atoms with Crippen LogP contribution in [0.3, 0.4) is 0 Å². The van der Waals surface area contributed by atoms with E-state index >= 15 is 0 Å². The minimum atomic E-state index is 0.561. The van der Waals surface area contributed by atoms with Crippen LogP contribution in [0.25, 0.3) is 95.0 Å². The van der Waals surface area contributed by atoms with Gasteiger partial charge in [0.1, 0.15) is 0 Å². The highest BCUT2D eigenvalue weighted by molar-refractivity contribution is 6.12. The van der Waals surface area contributed by atoms with Crippen LogP contribution in [0.2, 0.25) is 0 Å². The van der Waals surface area contributed by atoms with Crippen molar-refractivity contribution in [1.29, 1.82) is 5.26 Å². The van der Waals surface area contributed by atoms with Gasteiger partial charge >= 0.3 is 0 Å². The van der Waals surface area contributed by atoms with Gasteiger partial charge < -0.3 is 4.57 Å². The van der Waals surface area contributed by atoms with E-state index in [0.717, 1.165) is 66.4 Å². The molecule has 0 aliphatic heterocycles. The van der Waals surface area contributed by atoms with Gasteiger partial charge in [0.25, 0.3) is 0 Å². The quantitative estimate of drug-likeness (QED) is 0.161. The SMILES string of the molecule is Cc1ccc(-c2ccc3c4ccc(-c5ccc(C)cc5C)cc4n(-c4cc(-c5cccc(C#N)c5)ccc4-c4nc(-c5ccccc5)nc(-c5ccccc5)n4)c3c2)c(C)c1. The summed E-state index contributed by atoms with van der Waals surface area (Å²) in [6, 6.07) is 63.8. The van der Waals surface area contributed by atoms with E-state index in [1.54, 1.807) is 0 Å². The highest BCUT2D eigenvalue weighted by Gasteiger charge is 2.22. The monoisotopic (exact) mass is 783 g/mol. The lowest BCUT2D eigenvalue weighted by Crippen LogP contribution is -2.04. The van der Waals surface area contributed by atoms with Crippen LogP contribution in [0.1, 0.15) is 27.8 Å². The first-order valence-electron chi connectivity index (χ1n) is 20.6. The van der Waals surface area contributed by atoms with E-state index in [1.165, 1.54) is 33.4 Å². The Bertz CT molecular complexity index is 3190. The molecule has 0 aliphatic rings. The van der Waals surface area contributed by atoms with Crippen molar-refractivity contribution in [3.05, 3.63) is 204 Å². The predicted octanol–water partition coefficient (Wildman–Crippen LogP) is 14.1. The number of hydrogen-bond acceptors (Lipinski definition) is 4. The third-order valence-electron chi connectivity index (χ3n) is 11.7. The molecule has 0 spiro atoms. The summed E-state index contributed by atoms with van der Waals surface area (Å²) in [5, 5.41) is 12.2. The lowest BCUT2D eigenvalue weighted by Gasteiger charge is -2.17. The molecule has 0 unspecified atom stereocenters. The van der Waals surface area contributed by atoms with Gasteiger partial charge in [0.2, 0.25) is 0 Å². The molecule has 5 nitrogen and oxygen atoms in total. The van der Waals surface area contributed by atoms with E-state index < -0.39 is 0 Å². The Kier molecular flexibility index (Phi) is 9.39. The van der Waals surface area contributed by atoms with Crippen LogP contribution in [-0.4, -0.2) is 19.5 Å². The largest absolute Gasteiger partial charge is 0.308 e. The fourth-order valence-electron chi connectivity index (χ4n) is 8.67. The molecule has 2 heterocycles. The Morgan fingerprint density at radius 1 is 0.393 bits per heavy atom. The molecule has 0 radical (unpaired) electrons. The molecule has 10 rings (SSSR count). The molecule has 2 aromatic heterocycles. The maximum absolute atomic E-state index is 9.92. The second-order valence-corrected chi connectivity index (χ2v) is 15.9. The minimum absolute atomic E-state index is 0.561. The van der Waals surface area contributed by atoms with Crippen molar-refractivity contribution in [2.24, 2.45) is 0 Å². The number of fused-ring (bicyclic) bond motifs is 3. The molecule has 0 atom stereocenters. The molecular formula is C56H41N5. The Hall–Kier alpha value is -7.94. The highest BCUT2D eigenvalue weighted by atomic mass is 15.1. The molecule has 0 N–H and O–H groups in total. The summed E-state index contributed by atoms with van der Waals surface area (Å²) in [4.78, 5) is 15.5. The minimum Gasteiger partial charge on any atom is -0.308 e. The molecule has 10 aromatic rings. The van der Waals surface area contributed by atoms with Gasteiger partial charge in [-0.15, -0.1) is 0 Å². The molecule has 0 saturated heterocycles. The summed E-state index contributed by atoms with van der Waals surface area (Å²) in [6.45, 7) is 8.65.